The highest BCUT2D eigenvalue weighted by Crippen LogP contribution is 2.51. The van der Waals surface area contributed by atoms with Crippen molar-refractivity contribution in [2.75, 3.05) is 18.9 Å². The van der Waals surface area contributed by atoms with Gasteiger partial charge in [0.1, 0.15) is 0 Å². The summed E-state index contributed by atoms with van der Waals surface area (Å²) in [4.78, 5) is 2.48. The van der Waals surface area contributed by atoms with Gasteiger partial charge < -0.3 is 5.32 Å². The second kappa shape index (κ2) is 6.34. The molecule has 130 valence electrons. The summed E-state index contributed by atoms with van der Waals surface area (Å²) < 4.78 is 0. The number of allylic oxidation sites excluding steroid dienone is 2. The van der Waals surface area contributed by atoms with Gasteiger partial charge in [-0.3, -0.25) is 4.90 Å². The van der Waals surface area contributed by atoms with Gasteiger partial charge >= 0.3 is 0 Å². The van der Waals surface area contributed by atoms with E-state index in [0.29, 0.717) is 6.17 Å². The summed E-state index contributed by atoms with van der Waals surface area (Å²) in [7, 11) is 2.25. The van der Waals surface area contributed by atoms with Crippen LogP contribution in [0, 0.1) is 0 Å². The Morgan fingerprint density at radius 2 is 1.96 bits per heavy atom. The van der Waals surface area contributed by atoms with Crippen molar-refractivity contribution in [3.8, 4) is 0 Å². The van der Waals surface area contributed by atoms with Crippen molar-refractivity contribution in [1.82, 2.24) is 4.90 Å². The minimum Gasteiger partial charge on any atom is -0.369 e. The van der Waals surface area contributed by atoms with E-state index < -0.39 is 0 Å². The third kappa shape index (κ3) is 2.89. The minimum atomic E-state index is 0.229. The van der Waals surface area contributed by atoms with Crippen molar-refractivity contribution >= 4 is 5.69 Å². The molecule has 0 spiro atoms. The maximum absolute atomic E-state index is 3.83. The summed E-state index contributed by atoms with van der Waals surface area (Å²) in [5.41, 5.74) is 7.25. The van der Waals surface area contributed by atoms with Crippen molar-refractivity contribution in [3.63, 3.8) is 0 Å². The lowest BCUT2D eigenvalue weighted by Gasteiger charge is -2.30. The Bertz CT molecular complexity index is 789. The standard InChI is InChI=1S/C23H28N2/c1-17(2)11-12-23-13-14-25(3)22(23)24-21-16-19(9-10-20(21)23)15-18-7-5-4-6-8-18/h4-11,16,22,24H,12-15H2,1-3H3/t22-,23-/m0/s1. The van der Waals surface area contributed by atoms with E-state index in [4.69, 9.17) is 0 Å². The van der Waals surface area contributed by atoms with Crippen LogP contribution < -0.4 is 5.32 Å². The molecule has 2 heteroatoms. The molecule has 1 saturated heterocycles. The Kier molecular flexibility index (Phi) is 4.16. The second-order valence-electron chi connectivity index (χ2n) is 7.96. The van der Waals surface area contributed by atoms with E-state index in [1.165, 1.54) is 40.9 Å². The highest BCUT2D eigenvalue weighted by atomic mass is 15.3. The van der Waals surface area contributed by atoms with Gasteiger partial charge in [0.15, 0.2) is 0 Å². The summed E-state index contributed by atoms with van der Waals surface area (Å²) in [6, 6.07) is 17.8. The first-order valence-electron chi connectivity index (χ1n) is 9.36. The molecule has 2 aromatic carbocycles. The topological polar surface area (TPSA) is 15.3 Å². The summed E-state index contributed by atoms with van der Waals surface area (Å²) in [6.45, 7) is 5.58. The smallest absolute Gasteiger partial charge is 0.0894 e. The SMILES string of the molecule is CC(C)=CC[C@@]12CCN(C)[C@@H]1Nc1cc(Cc3ccccc3)ccc12. The van der Waals surface area contributed by atoms with E-state index in [1.807, 2.05) is 0 Å². The highest BCUT2D eigenvalue weighted by molar-refractivity contribution is 5.64. The van der Waals surface area contributed by atoms with Gasteiger partial charge in [-0.05, 0) is 62.9 Å². The molecule has 1 N–H and O–H groups in total. The summed E-state index contributed by atoms with van der Waals surface area (Å²) in [6.07, 6.45) is 6.20. The second-order valence-corrected chi connectivity index (χ2v) is 7.96. The number of rotatable bonds is 4. The van der Waals surface area contributed by atoms with Crippen LogP contribution in [0.4, 0.5) is 5.69 Å². The Hall–Kier alpha value is -2.06. The average Bonchev–Trinajstić information content (AvgIpc) is 3.09. The molecule has 2 aliphatic rings. The van der Waals surface area contributed by atoms with Gasteiger partial charge in [-0.1, -0.05) is 54.1 Å². The third-order valence-corrected chi connectivity index (χ3v) is 5.91. The van der Waals surface area contributed by atoms with Crippen LogP contribution in [0.25, 0.3) is 0 Å². The minimum absolute atomic E-state index is 0.229. The molecule has 0 amide bonds. The number of anilines is 1. The van der Waals surface area contributed by atoms with Crippen LogP contribution >= 0.6 is 0 Å². The van der Waals surface area contributed by atoms with E-state index in [1.54, 1.807) is 0 Å². The normalized spacial score (nSPS) is 24.5. The Morgan fingerprint density at radius 3 is 2.72 bits per heavy atom. The number of likely N-dealkylation sites (tertiary alicyclic amines) is 1. The van der Waals surface area contributed by atoms with Gasteiger partial charge in [-0.25, -0.2) is 0 Å². The van der Waals surface area contributed by atoms with Crippen LogP contribution in [0.3, 0.4) is 0 Å². The summed E-state index contributed by atoms with van der Waals surface area (Å²) >= 11 is 0. The van der Waals surface area contributed by atoms with Gasteiger partial charge in [0, 0.05) is 17.6 Å². The number of nitrogens with zero attached hydrogens (tertiary/aromatic N) is 1. The Labute approximate surface area is 151 Å². The summed E-state index contributed by atoms with van der Waals surface area (Å²) in [5, 5.41) is 3.83. The molecule has 0 aliphatic carbocycles. The lowest BCUT2D eigenvalue weighted by Crippen LogP contribution is -2.41. The van der Waals surface area contributed by atoms with E-state index in [0.717, 1.165) is 12.8 Å². The van der Waals surface area contributed by atoms with Gasteiger partial charge in [0.2, 0.25) is 0 Å². The molecule has 2 aliphatic heterocycles. The van der Waals surface area contributed by atoms with E-state index >= 15 is 0 Å². The van der Waals surface area contributed by atoms with Crippen LogP contribution in [0.1, 0.15) is 43.4 Å². The molecule has 1 fully saturated rings. The predicted octanol–water partition coefficient (Wildman–Crippen LogP) is 4.96. The van der Waals surface area contributed by atoms with Crippen molar-refractivity contribution in [2.45, 2.75) is 44.7 Å². The lowest BCUT2D eigenvalue weighted by molar-refractivity contribution is 0.285. The van der Waals surface area contributed by atoms with Crippen molar-refractivity contribution < 1.29 is 0 Å². The number of nitrogens with one attached hydrogen (secondary N) is 1. The quantitative estimate of drug-likeness (QED) is 0.796. The first kappa shape index (κ1) is 16.4. The zero-order valence-corrected chi connectivity index (χ0v) is 15.5. The van der Waals surface area contributed by atoms with E-state index in [9.17, 15) is 0 Å². The molecular formula is C23H28N2. The number of fused-ring (bicyclic) bond motifs is 3. The Balaban J connectivity index is 1.67. The highest BCUT2D eigenvalue weighted by Gasteiger charge is 2.51. The van der Waals surface area contributed by atoms with Crippen molar-refractivity contribution in [2.24, 2.45) is 0 Å². The van der Waals surface area contributed by atoms with Gasteiger partial charge in [0.25, 0.3) is 0 Å². The van der Waals surface area contributed by atoms with Crippen LogP contribution in [-0.4, -0.2) is 24.7 Å². The first-order chi connectivity index (χ1) is 12.1. The monoisotopic (exact) mass is 332 g/mol. The van der Waals surface area contributed by atoms with E-state index in [-0.39, 0.29) is 5.41 Å². The predicted molar refractivity (Wildman–Crippen MR) is 106 cm³/mol. The van der Waals surface area contributed by atoms with Crippen LogP contribution in [0.5, 0.6) is 0 Å². The fourth-order valence-electron chi connectivity index (χ4n) is 4.54. The number of benzene rings is 2. The largest absolute Gasteiger partial charge is 0.369 e. The molecular weight excluding hydrogens is 304 g/mol. The molecule has 2 nitrogen and oxygen atoms in total. The summed E-state index contributed by atoms with van der Waals surface area (Å²) in [5.74, 6) is 0. The van der Waals surface area contributed by atoms with Crippen molar-refractivity contribution in [3.05, 3.63) is 76.9 Å². The van der Waals surface area contributed by atoms with Crippen LogP contribution in [0.15, 0.2) is 60.2 Å². The number of hydrogen-bond acceptors (Lipinski definition) is 2. The van der Waals surface area contributed by atoms with Gasteiger partial charge in [0.05, 0.1) is 6.17 Å². The maximum Gasteiger partial charge on any atom is 0.0894 e. The molecule has 2 atom stereocenters. The molecule has 2 aromatic rings. The molecule has 0 aromatic heterocycles. The third-order valence-electron chi connectivity index (χ3n) is 5.91. The first-order valence-corrected chi connectivity index (χ1v) is 9.36. The van der Waals surface area contributed by atoms with Crippen LogP contribution in [0.2, 0.25) is 0 Å². The molecule has 2 heterocycles. The molecule has 4 rings (SSSR count). The fourth-order valence-corrected chi connectivity index (χ4v) is 4.54. The molecule has 0 unspecified atom stereocenters. The molecule has 0 saturated carbocycles. The Morgan fingerprint density at radius 1 is 1.16 bits per heavy atom. The van der Waals surface area contributed by atoms with Crippen LogP contribution in [-0.2, 0) is 11.8 Å². The average molecular weight is 332 g/mol. The zero-order valence-electron chi connectivity index (χ0n) is 15.5. The maximum atomic E-state index is 3.83. The number of likely N-dealkylation sites (N-methyl/N-ethyl adjacent to an activating group) is 1. The van der Waals surface area contributed by atoms with Gasteiger partial charge in [-0.2, -0.15) is 0 Å². The van der Waals surface area contributed by atoms with E-state index in [2.05, 4.69) is 85.7 Å². The van der Waals surface area contributed by atoms with Crippen molar-refractivity contribution in [1.29, 1.82) is 0 Å². The zero-order chi connectivity index (χ0) is 17.4. The lowest BCUT2D eigenvalue weighted by atomic mass is 9.76. The molecule has 0 radical (unpaired) electrons. The van der Waals surface area contributed by atoms with Gasteiger partial charge in [-0.15, -0.1) is 0 Å². The molecule has 0 bridgehead atoms. The fraction of sp³-hybridized carbons (Fsp3) is 0.391. The number of hydrogen-bond donors (Lipinski definition) is 1. The molecule has 25 heavy (non-hydrogen) atoms.